The van der Waals surface area contributed by atoms with Crippen molar-refractivity contribution < 1.29 is 14.7 Å². The number of carboxylic acid groups (broad SMARTS) is 1. The number of hydrogen-bond donors (Lipinski definition) is 3. The average Bonchev–Trinajstić information content (AvgIpc) is 2.16. The van der Waals surface area contributed by atoms with Crippen LogP contribution in [0.15, 0.2) is 18.2 Å². The van der Waals surface area contributed by atoms with Crippen LogP contribution in [0.2, 0.25) is 0 Å². The second-order valence-corrected chi connectivity index (χ2v) is 2.72. The number of primary amides is 1. The molecule has 1 amide bonds. The molecule has 0 heterocycles. The summed E-state index contributed by atoms with van der Waals surface area (Å²) in [4.78, 5) is 21.0. The number of rotatable bonds is 1. The molecule has 0 saturated carbocycles. The minimum absolute atomic E-state index is 0.0537. The molecular weight excluding hydrogens is 196 g/mol. The largest absolute Gasteiger partial charge is 0.478 e. The van der Waals surface area contributed by atoms with Gasteiger partial charge in [0.2, 0.25) is 0 Å². The van der Waals surface area contributed by atoms with Gasteiger partial charge in [0.1, 0.15) is 0 Å². The molecule has 15 heavy (non-hydrogen) atoms. The number of carbonyl (C=O) groups is 2. The fourth-order valence-electron chi connectivity index (χ4n) is 0.926. The first-order valence-corrected chi connectivity index (χ1v) is 3.95. The molecule has 0 radical (unpaired) electrons. The van der Waals surface area contributed by atoms with Gasteiger partial charge in [0.25, 0.3) is 5.91 Å². The fraction of sp³-hybridized carbons (Fsp3) is 0. The Morgan fingerprint density at radius 3 is 2.53 bits per heavy atom. The van der Waals surface area contributed by atoms with Crippen LogP contribution in [0.3, 0.4) is 0 Å². The van der Waals surface area contributed by atoms with E-state index in [1.807, 2.05) is 0 Å². The quantitative estimate of drug-likeness (QED) is 0.435. The van der Waals surface area contributed by atoms with Crippen molar-refractivity contribution in [3.8, 4) is 11.8 Å². The van der Waals surface area contributed by atoms with E-state index >= 15 is 0 Å². The van der Waals surface area contributed by atoms with Crippen LogP contribution in [-0.2, 0) is 4.79 Å². The third-order valence-electron chi connectivity index (χ3n) is 1.62. The summed E-state index contributed by atoms with van der Waals surface area (Å²) >= 11 is 0. The topological polar surface area (TPSA) is 106 Å². The highest BCUT2D eigenvalue weighted by Gasteiger charge is 2.04. The zero-order chi connectivity index (χ0) is 11.4. The first kappa shape index (κ1) is 10.6. The van der Waals surface area contributed by atoms with Gasteiger partial charge in [0.05, 0.1) is 5.56 Å². The Labute approximate surface area is 85.7 Å². The molecule has 0 atom stereocenters. The zero-order valence-electron chi connectivity index (χ0n) is 7.65. The number of carboxylic acids is 1. The first-order chi connectivity index (χ1) is 7.00. The Bertz CT molecular complexity index is 483. The standard InChI is InChI=1S/C10H8N2O3/c11-8-3-1-7(10(14)15)5-6(8)2-4-9(12)13/h1,3,5H,11H2,(H2,12,13)(H,14,15). The molecule has 1 rings (SSSR count). The summed E-state index contributed by atoms with van der Waals surface area (Å²) in [6.45, 7) is 0. The number of nitrogens with two attached hydrogens (primary N) is 2. The van der Waals surface area contributed by atoms with Crippen molar-refractivity contribution in [3.63, 3.8) is 0 Å². The lowest BCUT2D eigenvalue weighted by Gasteiger charge is -1.99. The number of carbonyl (C=O) groups excluding carboxylic acids is 1. The highest BCUT2D eigenvalue weighted by atomic mass is 16.4. The van der Waals surface area contributed by atoms with E-state index < -0.39 is 11.9 Å². The number of aromatic carboxylic acids is 1. The molecule has 0 unspecified atom stereocenters. The zero-order valence-corrected chi connectivity index (χ0v) is 7.65. The van der Waals surface area contributed by atoms with E-state index in [2.05, 4.69) is 11.8 Å². The minimum atomic E-state index is -1.09. The number of amides is 1. The summed E-state index contributed by atoms with van der Waals surface area (Å²) < 4.78 is 0. The Hall–Kier alpha value is -2.48. The van der Waals surface area contributed by atoms with Crippen molar-refractivity contribution in [1.29, 1.82) is 0 Å². The van der Waals surface area contributed by atoms with E-state index in [1.54, 1.807) is 0 Å². The highest BCUT2D eigenvalue weighted by Crippen LogP contribution is 2.12. The smallest absolute Gasteiger partial charge is 0.335 e. The molecule has 0 aliphatic rings. The number of anilines is 1. The summed E-state index contributed by atoms with van der Waals surface area (Å²) in [6.07, 6.45) is 0. The van der Waals surface area contributed by atoms with Gasteiger partial charge in [-0.1, -0.05) is 5.92 Å². The third kappa shape index (κ3) is 2.74. The van der Waals surface area contributed by atoms with Gasteiger partial charge in [0.15, 0.2) is 0 Å². The van der Waals surface area contributed by atoms with Crippen LogP contribution in [0.4, 0.5) is 5.69 Å². The molecule has 0 aliphatic heterocycles. The van der Waals surface area contributed by atoms with Crippen molar-refractivity contribution in [2.24, 2.45) is 5.73 Å². The van der Waals surface area contributed by atoms with Gasteiger partial charge in [-0.05, 0) is 18.2 Å². The van der Waals surface area contributed by atoms with Crippen LogP contribution < -0.4 is 11.5 Å². The van der Waals surface area contributed by atoms with Crippen LogP contribution in [0, 0.1) is 11.8 Å². The highest BCUT2D eigenvalue weighted by molar-refractivity contribution is 5.93. The number of nitrogen functional groups attached to an aromatic ring is 1. The first-order valence-electron chi connectivity index (χ1n) is 3.95. The lowest BCUT2D eigenvalue weighted by Crippen LogP contribution is -2.06. The summed E-state index contributed by atoms with van der Waals surface area (Å²) in [6, 6.07) is 4.05. The number of hydrogen-bond acceptors (Lipinski definition) is 3. The van der Waals surface area contributed by atoms with Gasteiger partial charge in [0, 0.05) is 17.2 Å². The molecule has 1 aromatic carbocycles. The van der Waals surface area contributed by atoms with Crippen LogP contribution in [0.5, 0.6) is 0 Å². The molecule has 0 saturated heterocycles. The molecule has 5 heteroatoms. The molecule has 5 N–H and O–H groups in total. The van der Waals surface area contributed by atoms with Crippen LogP contribution in [0.25, 0.3) is 0 Å². The van der Waals surface area contributed by atoms with Crippen molar-refractivity contribution in [3.05, 3.63) is 29.3 Å². The van der Waals surface area contributed by atoms with E-state index in [9.17, 15) is 9.59 Å². The van der Waals surface area contributed by atoms with Crippen LogP contribution >= 0.6 is 0 Å². The summed E-state index contributed by atoms with van der Waals surface area (Å²) in [5.74, 6) is 2.60. The molecule has 0 spiro atoms. The molecule has 0 bridgehead atoms. The van der Waals surface area contributed by atoms with Crippen molar-refractivity contribution in [2.45, 2.75) is 0 Å². The fourth-order valence-corrected chi connectivity index (χ4v) is 0.926. The molecule has 1 aromatic rings. The van der Waals surface area contributed by atoms with E-state index in [0.29, 0.717) is 5.69 Å². The normalized spacial score (nSPS) is 8.80. The molecule has 0 aromatic heterocycles. The minimum Gasteiger partial charge on any atom is -0.478 e. The Balaban J connectivity index is 3.18. The van der Waals surface area contributed by atoms with E-state index in [1.165, 1.54) is 18.2 Å². The van der Waals surface area contributed by atoms with Crippen molar-refractivity contribution in [2.75, 3.05) is 5.73 Å². The molecule has 5 nitrogen and oxygen atoms in total. The van der Waals surface area contributed by atoms with Crippen molar-refractivity contribution >= 4 is 17.6 Å². The van der Waals surface area contributed by atoms with Gasteiger partial charge in [-0.15, -0.1) is 0 Å². The maximum atomic E-state index is 10.6. The second kappa shape index (κ2) is 4.15. The van der Waals surface area contributed by atoms with E-state index in [0.717, 1.165) is 0 Å². The van der Waals surface area contributed by atoms with Gasteiger partial charge < -0.3 is 16.6 Å². The third-order valence-corrected chi connectivity index (χ3v) is 1.62. The summed E-state index contributed by atoms with van der Waals surface area (Å²) in [5.41, 5.74) is 11.0. The lowest BCUT2D eigenvalue weighted by molar-refractivity contribution is -0.112. The van der Waals surface area contributed by atoms with Crippen LogP contribution in [0.1, 0.15) is 15.9 Å². The monoisotopic (exact) mass is 204 g/mol. The van der Waals surface area contributed by atoms with E-state index in [4.69, 9.17) is 16.6 Å². The summed E-state index contributed by atoms with van der Waals surface area (Å²) in [7, 11) is 0. The molecule has 0 aliphatic carbocycles. The Morgan fingerprint density at radius 1 is 1.33 bits per heavy atom. The number of benzene rings is 1. The van der Waals surface area contributed by atoms with Crippen LogP contribution in [-0.4, -0.2) is 17.0 Å². The SMILES string of the molecule is NC(=O)C#Cc1cc(C(=O)O)ccc1N. The summed E-state index contributed by atoms with van der Waals surface area (Å²) in [5, 5.41) is 8.70. The maximum Gasteiger partial charge on any atom is 0.335 e. The average molecular weight is 204 g/mol. The van der Waals surface area contributed by atoms with Gasteiger partial charge >= 0.3 is 5.97 Å². The predicted molar refractivity (Wildman–Crippen MR) is 53.9 cm³/mol. The molecule has 0 fully saturated rings. The van der Waals surface area contributed by atoms with E-state index in [-0.39, 0.29) is 11.1 Å². The maximum absolute atomic E-state index is 10.6. The van der Waals surface area contributed by atoms with Gasteiger partial charge in [-0.2, -0.15) is 0 Å². The van der Waals surface area contributed by atoms with Gasteiger partial charge in [-0.3, -0.25) is 4.79 Å². The second-order valence-electron chi connectivity index (χ2n) is 2.72. The lowest BCUT2D eigenvalue weighted by atomic mass is 10.1. The molecular formula is C10H8N2O3. The van der Waals surface area contributed by atoms with Gasteiger partial charge in [-0.25, -0.2) is 4.79 Å². The van der Waals surface area contributed by atoms with Crippen molar-refractivity contribution in [1.82, 2.24) is 0 Å². The Kier molecular flexibility index (Phi) is 2.94. The Morgan fingerprint density at radius 2 is 2.00 bits per heavy atom. The predicted octanol–water partition coefficient (Wildman–Crippen LogP) is -0.196. The molecule has 76 valence electrons.